The number of piperazine rings is 1. The zero-order valence-corrected chi connectivity index (χ0v) is 13.6. The zero-order chi connectivity index (χ0) is 15.2. The predicted molar refractivity (Wildman–Crippen MR) is 86.2 cm³/mol. The van der Waals surface area contributed by atoms with Crippen LogP contribution in [0, 0.1) is 5.92 Å². The second-order valence-corrected chi connectivity index (χ2v) is 6.13. The molecule has 0 aliphatic carbocycles. The molecule has 2 atom stereocenters. The van der Waals surface area contributed by atoms with Gasteiger partial charge in [0.25, 0.3) is 0 Å². The lowest BCUT2D eigenvalue weighted by atomic mass is 10.00. The summed E-state index contributed by atoms with van der Waals surface area (Å²) >= 11 is 0. The van der Waals surface area contributed by atoms with Crippen LogP contribution in [0.25, 0.3) is 0 Å². The molecule has 2 rings (SSSR count). The maximum absolute atomic E-state index is 5.83. The van der Waals surface area contributed by atoms with Crippen LogP contribution in [0.2, 0.25) is 0 Å². The van der Waals surface area contributed by atoms with E-state index in [0.29, 0.717) is 18.0 Å². The van der Waals surface area contributed by atoms with Crippen molar-refractivity contribution in [1.29, 1.82) is 0 Å². The van der Waals surface area contributed by atoms with Crippen LogP contribution in [0.3, 0.4) is 0 Å². The molecule has 118 valence electrons. The average molecular weight is 292 g/mol. The van der Waals surface area contributed by atoms with Crippen molar-refractivity contribution in [3.05, 3.63) is 24.3 Å². The number of nitrogens with zero attached hydrogens (tertiary/aromatic N) is 1. The summed E-state index contributed by atoms with van der Waals surface area (Å²) in [7, 11) is 1.67. The van der Waals surface area contributed by atoms with Gasteiger partial charge in [0.2, 0.25) is 0 Å². The normalized spacial score (nSPS) is 23.3. The quantitative estimate of drug-likeness (QED) is 0.873. The highest BCUT2D eigenvalue weighted by Gasteiger charge is 2.26. The molecule has 1 saturated heterocycles. The second-order valence-electron chi connectivity index (χ2n) is 6.13. The molecular formula is C17H28N2O2. The lowest BCUT2D eigenvalue weighted by molar-refractivity contribution is 0.104. The third-order valence-electron chi connectivity index (χ3n) is 4.24. The van der Waals surface area contributed by atoms with Crippen LogP contribution in [-0.2, 0) is 0 Å². The molecule has 4 heteroatoms. The molecule has 2 unspecified atom stereocenters. The number of ether oxygens (including phenoxy) is 2. The highest BCUT2D eigenvalue weighted by Crippen LogP contribution is 2.17. The van der Waals surface area contributed by atoms with Crippen LogP contribution in [0.15, 0.2) is 24.3 Å². The van der Waals surface area contributed by atoms with Crippen molar-refractivity contribution in [2.24, 2.45) is 5.92 Å². The third kappa shape index (κ3) is 4.61. The highest BCUT2D eigenvalue weighted by molar-refractivity contribution is 5.31. The van der Waals surface area contributed by atoms with Crippen LogP contribution >= 0.6 is 0 Å². The van der Waals surface area contributed by atoms with E-state index < -0.39 is 0 Å². The fourth-order valence-corrected chi connectivity index (χ4v) is 2.66. The Morgan fingerprint density at radius 2 is 1.90 bits per heavy atom. The molecule has 0 radical (unpaired) electrons. The maximum atomic E-state index is 5.83. The Balaban J connectivity index is 1.78. The first-order chi connectivity index (χ1) is 10.1. The smallest absolute Gasteiger partial charge is 0.119 e. The summed E-state index contributed by atoms with van der Waals surface area (Å²) in [6, 6.07) is 8.92. The standard InChI is InChI=1S/C17H28N2O2/c1-13(2)17-12-19(14(3)11-18-17)9-10-21-16-7-5-15(20-4)6-8-16/h5-8,13-14,17-18H,9-12H2,1-4H3. The van der Waals surface area contributed by atoms with E-state index in [1.807, 2.05) is 24.3 Å². The van der Waals surface area contributed by atoms with Crippen LogP contribution in [0.4, 0.5) is 0 Å². The first kappa shape index (κ1) is 16.1. The fraction of sp³-hybridized carbons (Fsp3) is 0.647. The van der Waals surface area contributed by atoms with Gasteiger partial charge in [-0.2, -0.15) is 0 Å². The van der Waals surface area contributed by atoms with Gasteiger partial charge in [-0.3, -0.25) is 4.90 Å². The molecule has 1 aliphatic heterocycles. The fourth-order valence-electron chi connectivity index (χ4n) is 2.66. The molecule has 1 aliphatic rings. The molecule has 0 amide bonds. The lowest BCUT2D eigenvalue weighted by Gasteiger charge is -2.40. The van der Waals surface area contributed by atoms with Gasteiger partial charge in [-0.05, 0) is 37.1 Å². The summed E-state index contributed by atoms with van der Waals surface area (Å²) in [5.41, 5.74) is 0. The molecule has 4 nitrogen and oxygen atoms in total. The van der Waals surface area contributed by atoms with Crippen molar-refractivity contribution < 1.29 is 9.47 Å². The summed E-state index contributed by atoms with van der Waals surface area (Å²) in [6.07, 6.45) is 0. The van der Waals surface area contributed by atoms with Crippen molar-refractivity contribution in [2.45, 2.75) is 32.9 Å². The number of hydrogen-bond acceptors (Lipinski definition) is 4. The number of benzene rings is 1. The predicted octanol–water partition coefficient (Wildman–Crippen LogP) is 2.39. The molecule has 0 bridgehead atoms. The molecule has 0 aromatic heterocycles. The Kier molecular flexibility index (Phi) is 5.88. The summed E-state index contributed by atoms with van der Waals surface area (Å²) in [5, 5.41) is 3.62. The summed E-state index contributed by atoms with van der Waals surface area (Å²) in [5.74, 6) is 2.43. The molecule has 1 aromatic rings. The van der Waals surface area contributed by atoms with Gasteiger partial charge in [0.15, 0.2) is 0 Å². The van der Waals surface area contributed by atoms with E-state index in [1.165, 1.54) is 0 Å². The van der Waals surface area contributed by atoms with Gasteiger partial charge < -0.3 is 14.8 Å². The van der Waals surface area contributed by atoms with E-state index in [0.717, 1.165) is 37.7 Å². The minimum atomic E-state index is 0.569. The summed E-state index contributed by atoms with van der Waals surface area (Å²) in [4.78, 5) is 2.52. The largest absolute Gasteiger partial charge is 0.497 e. The molecular weight excluding hydrogens is 264 g/mol. The van der Waals surface area contributed by atoms with Crippen molar-refractivity contribution in [3.8, 4) is 11.5 Å². The maximum Gasteiger partial charge on any atom is 0.119 e. The number of rotatable bonds is 6. The lowest BCUT2D eigenvalue weighted by Crippen LogP contribution is -2.57. The first-order valence-electron chi connectivity index (χ1n) is 7.84. The summed E-state index contributed by atoms with van der Waals surface area (Å²) < 4.78 is 11.0. The van der Waals surface area contributed by atoms with Gasteiger partial charge in [-0.15, -0.1) is 0 Å². The monoisotopic (exact) mass is 292 g/mol. The number of hydrogen-bond donors (Lipinski definition) is 1. The summed E-state index contributed by atoms with van der Waals surface area (Å²) in [6.45, 7) is 10.7. The molecule has 1 aromatic carbocycles. The molecule has 0 saturated carbocycles. The van der Waals surface area contributed by atoms with E-state index in [2.05, 4.69) is 31.0 Å². The second kappa shape index (κ2) is 7.66. The first-order valence-corrected chi connectivity index (χ1v) is 7.84. The van der Waals surface area contributed by atoms with Gasteiger partial charge in [-0.1, -0.05) is 13.8 Å². The molecule has 0 spiro atoms. The van der Waals surface area contributed by atoms with Crippen molar-refractivity contribution >= 4 is 0 Å². The molecule has 1 N–H and O–H groups in total. The zero-order valence-electron chi connectivity index (χ0n) is 13.6. The van der Waals surface area contributed by atoms with E-state index in [4.69, 9.17) is 9.47 Å². The van der Waals surface area contributed by atoms with Gasteiger partial charge in [0, 0.05) is 31.7 Å². The van der Waals surface area contributed by atoms with Crippen LogP contribution < -0.4 is 14.8 Å². The van der Waals surface area contributed by atoms with Crippen molar-refractivity contribution in [3.63, 3.8) is 0 Å². The van der Waals surface area contributed by atoms with Crippen LogP contribution in [0.5, 0.6) is 11.5 Å². The highest BCUT2D eigenvalue weighted by atomic mass is 16.5. The topological polar surface area (TPSA) is 33.7 Å². The Morgan fingerprint density at radius 1 is 1.24 bits per heavy atom. The average Bonchev–Trinajstić information content (AvgIpc) is 2.49. The Bertz CT molecular complexity index is 419. The SMILES string of the molecule is COc1ccc(OCCN2CC(C(C)C)NCC2C)cc1. The van der Waals surface area contributed by atoms with E-state index in [1.54, 1.807) is 7.11 Å². The Morgan fingerprint density at radius 3 is 2.52 bits per heavy atom. The van der Waals surface area contributed by atoms with Crippen LogP contribution in [-0.4, -0.2) is 50.3 Å². The van der Waals surface area contributed by atoms with E-state index >= 15 is 0 Å². The Hall–Kier alpha value is -1.26. The van der Waals surface area contributed by atoms with Gasteiger partial charge in [-0.25, -0.2) is 0 Å². The van der Waals surface area contributed by atoms with E-state index in [9.17, 15) is 0 Å². The molecule has 21 heavy (non-hydrogen) atoms. The van der Waals surface area contributed by atoms with E-state index in [-0.39, 0.29) is 0 Å². The third-order valence-corrected chi connectivity index (χ3v) is 4.24. The van der Waals surface area contributed by atoms with Gasteiger partial charge >= 0.3 is 0 Å². The van der Waals surface area contributed by atoms with Gasteiger partial charge in [0.1, 0.15) is 18.1 Å². The van der Waals surface area contributed by atoms with Gasteiger partial charge in [0.05, 0.1) is 7.11 Å². The Labute approximate surface area is 128 Å². The minimum Gasteiger partial charge on any atom is -0.497 e. The number of nitrogens with one attached hydrogen (secondary N) is 1. The van der Waals surface area contributed by atoms with Crippen molar-refractivity contribution in [1.82, 2.24) is 10.2 Å². The molecule has 1 heterocycles. The van der Waals surface area contributed by atoms with Crippen molar-refractivity contribution in [2.75, 3.05) is 33.4 Å². The minimum absolute atomic E-state index is 0.569. The number of methoxy groups -OCH3 is 1. The molecule has 1 fully saturated rings. The van der Waals surface area contributed by atoms with Crippen LogP contribution in [0.1, 0.15) is 20.8 Å².